The van der Waals surface area contributed by atoms with E-state index in [9.17, 15) is 5.11 Å². The van der Waals surface area contributed by atoms with Gasteiger partial charge in [-0.15, -0.1) is 0 Å². The fraction of sp³-hybridized carbons (Fsp3) is 1.00. The summed E-state index contributed by atoms with van der Waals surface area (Å²) in [4.78, 5) is 2.34. The SMILES string of the molecule is C[C@@H]1CC[C@@H](C)N1C[C@@H](O)CN. The topological polar surface area (TPSA) is 49.5 Å². The summed E-state index contributed by atoms with van der Waals surface area (Å²) in [7, 11) is 0. The quantitative estimate of drug-likeness (QED) is 0.638. The zero-order chi connectivity index (χ0) is 9.14. The van der Waals surface area contributed by atoms with Crippen molar-refractivity contribution in [3.05, 3.63) is 0 Å². The molecule has 3 nitrogen and oxygen atoms in total. The molecule has 1 heterocycles. The monoisotopic (exact) mass is 172 g/mol. The van der Waals surface area contributed by atoms with Gasteiger partial charge in [-0.05, 0) is 26.7 Å². The van der Waals surface area contributed by atoms with E-state index < -0.39 is 0 Å². The van der Waals surface area contributed by atoms with E-state index in [2.05, 4.69) is 18.7 Å². The second kappa shape index (κ2) is 4.21. The lowest BCUT2D eigenvalue weighted by Crippen LogP contribution is -2.41. The predicted molar refractivity (Wildman–Crippen MR) is 49.9 cm³/mol. The van der Waals surface area contributed by atoms with E-state index in [1.807, 2.05) is 0 Å². The van der Waals surface area contributed by atoms with Crippen LogP contribution in [0, 0.1) is 0 Å². The first kappa shape index (κ1) is 9.96. The van der Waals surface area contributed by atoms with Crippen LogP contribution < -0.4 is 5.73 Å². The van der Waals surface area contributed by atoms with Gasteiger partial charge in [-0.2, -0.15) is 0 Å². The van der Waals surface area contributed by atoms with Crippen LogP contribution in [0.3, 0.4) is 0 Å². The summed E-state index contributed by atoms with van der Waals surface area (Å²) in [5.41, 5.74) is 5.36. The number of likely N-dealkylation sites (tertiary alicyclic amines) is 1. The highest BCUT2D eigenvalue weighted by atomic mass is 16.3. The first-order chi connectivity index (χ1) is 5.65. The van der Waals surface area contributed by atoms with Gasteiger partial charge in [-0.25, -0.2) is 0 Å². The van der Waals surface area contributed by atoms with Crippen LogP contribution in [0.15, 0.2) is 0 Å². The molecule has 0 saturated carbocycles. The van der Waals surface area contributed by atoms with Crippen molar-refractivity contribution in [1.82, 2.24) is 4.90 Å². The Morgan fingerprint density at radius 1 is 1.42 bits per heavy atom. The molecule has 0 aromatic heterocycles. The van der Waals surface area contributed by atoms with Crippen molar-refractivity contribution in [3.63, 3.8) is 0 Å². The van der Waals surface area contributed by atoms with Crippen molar-refractivity contribution in [2.75, 3.05) is 13.1 Å². The van der Waals surface area contributed by atoms with Crippen molar-refractivity contribution in [1.29, 1.82) is 0 Å². The highest BCUT2D eigenvalue weighted by Gasteiger charge is 2.28. The number of rotatable bonds is 3. The van der Waals surface area contributed by atoms with Crippen LogP contribution in [0.2, 0.25) is 0 Å². The molecule has 1 aliphatic rings. The van der Waals surface area contributed by atoms with Crippen molar-refractivity contribution in [3.8, 4) is 0 Å². The number of nitrogens with two attached hydrogens (primary N) is 1. The van der Waals surface area contributed by atoms with Crippen LogP contribution in [0.1, 0.15) is 26.7 Å². The van der Waals surface area contributed by atoms with E-state index in [4.69, 9.17) is 5.73 Å². The molecule has 1 fully saturated rings. The summed E-state index contributed by atoms with van der Waals surface area (Å²) < 4.78 is 0. The molecule has 0 amide bonds. The summed E-state index contributed by atoms with van der Waals surface area (Å²) in [6, 6.07) is 1.22. The van der Waals surface area contributed by atoms with Gasteiger partial charge in [0, 0.05) is 25.2 Å². The molecule has 0 radical (unpaired) electrons. The second-order valence-electron chi connectivity index (χ2n) is 3.86. The highest BCUT2D eigenvalue weighted by Crippen LogP contribution is 2.22. The first-order valence-corrected chi connectivity index (χ1v) is 4.79. The number of β-amino-alcohol motifs (C(OH)–C–C–N with tert-alkyl or cyclic N) is 1. The van der Waals surface area contributed by atoms with Gasteiger partial charge in [-0.1, -0.05) is 0 Å². The van der Waals surface area contributed by atoms with Gasteiger partial charge in [0.15, 0.2) is 0 Å². The van der Waals surface area contributed by atoms with Crippen LogP contribution >= 0.6 is 0 Å². The van der Waals surface area contributed by atoms with Crippen LogP contribution in [0.5, 0.6) is 0 Å². The van der Waals surface area contributed by atoms with E-state index in [0.29, 0.717) is 18.6 Å². The molecule has 0 bridgehead atoms. The molecule has 0 aromatic rings. The third-order valence-electron chi connectivity index (χ3n) is 2.83. The average Bonchev–Trinajstić information content (AvgIpc) is 2.35. The molecule has 3 atom stereocenters. The van der Waals surface area contributed by atoms with Gasteiger partial charge in [0.2, 0.25) is 0 Å². The Balaban J connectivity index is 2.38. The summed E-state index contributed by atoms with van der Waals surface area (Å²) in [6.45, 7) is 5.54. The van der Waals surface area contributed by atoms with Gasteiger partial charge in [0.1, 0.15) is 0 Å². The molecule has 0 aliphatic carbocycles. The molecule has 1 rings (SSSR count). The summed E-state index contributed by atoms with van der Waals surface area (Å²) in [5.74, 6) is 0. The smallest absolute Gasteiger partial charge is 0.0789 e. The fourth-order valence-corrected chi connectivity index (χ4v) is 1.93. The van der Waals surface area contributed by atoms with E-state index >= 15 is 0 Å². The third-order valence-corrected chi connectivity index (χ3v) is 2.83. The Kier molecular flexibility index (Phi) is 3.50. The molecule has 72 valence electrons. The lowest BCUT2D eigenvalue weighted by molar-refractivity contribution is 0.0965. The van der Waals surface area contributed by atoms with Gasteiger partial charge in [0.25, 0.3) is 0 Å². The number of aliphatic hydroxyl groups excluding tert-OH is 1. The van der Waals surface area contributed by atoms with Crippen molar-refractivity contribution in [2.24, 2.45) is 5.73 Å². The normalized spacial score (nSPS) is 34.0. The predicted octanol–water partition coefficient (Wildman–Crippen LogP) is 0.179. The standard InChI is InChI=1S/C9H20N2O/c1-7-3-4-8(2)11(7)6-9(12)5-10/h7-9,12H,3-6,10H2,1-2H3/t7-,8-,9+/m1/s1. The Bertz CT molecular complexity index is 130. The summed E-state index contributed by atoms with van der Waals surface area (Å²) >= 11 is 0. The zero-order valence-electron chi connectivity index (χ0n) is 8.03. The molecule has 3 N–H and O–H groups in total. The molecule has 12 heavy (non-hydrogen) atoms. The van der Waals surface area contributed by atoms with Gasteiger partial charge < -0.3 is 10.8 Å². The molecule has 3 heteroatoms. The van der Waals surface area contributed by atoms with Crippen LogP contribution in [-0.2, 0) is 0 Å². The molecular formula is C9H20N2O. The minimum atomic E-state index is -0.354. The maximum Gasteiger partial charge on any atom is 0.0789 e. The number of aliphatic hydroxyl groups is 1. The largest absolute Gasteiger partial charge is 0.390 e. The maximum absolute atomic E-state index is 9.39. The van der Waals surface area contributed by atoms with E-state index in [1.54, 1.807) is 0 Å². The average molecular weight is 172 g/mol. The molecule has 0 aromatic carbocycles. The Hall–Kier alpha value is -0.120. The number of hydrogen-bond acceptors (Lipinski definition) is 3. The lowest BCUT2D eigenvalue weighted by Gasteiger charge is -2.27. The highest BCUT2D eigenvalue weighted by molar-refractivity contribution is 4.83. The van der Waals surface area contributed by atoms with Gasteiger partial charge >= 0.3 is 0 Å². The molecule has 0 unspecified atom stereocenters. The minimum Gasteiger partial charge on any atom is -0.390 e. The summed E-state index contributed by atoms with van der Waals surface area (Å²) in [6.07, 6.45) is 2.14. The van der Waals surface area contributed by atoms with Crippen molar-refractivity contribution < 1.29 is 5.11 Å². The molecule has 1 saturated heterocycles. The van der Waals surface area contributed by atoms with E-state index in [0.717, 1.165) is 6.54 Å². The van der Waals surface area contributed by atoms with Crippen LogP contribution in [0.25, 0.3) is 0 Å². The third kappa shape index (κ3) is 2.19. The van der Waals surface area contributed by atoms with Crippen LogP contribution in [0.4, 0.5) is 0 Å². The minimum absolute atomic E-state index is 0.354. The molecule has 0 spiro atoms. The zero-order valence-corrected chi connectivity index (χ0v) is 8.03. The molecule has 1 aliphatic heterocycles. The Labute approximate surface area is 74.5 Å². The maximum atomic E-state index is 9.39. The summed E-state index contributed by atoms with van der Waals surface area (Å²) in [5, 5.41) is 9.39. The van der Waals surface area contributed by atoms with Crippen molar-refractivity contribution >= 4 is 0 Å². The Morgan fingerprint density at radius 3 is 2.33 bits per heavy atom. The first-order valence-electron chi connectivity index (χ1n) is 4.79. The van der Waals surface area contributed by atoms with Gasteiger partial charge in [-0.3, -0.25) is 4.90 Å². The molecular weight excluding hydrogens is 152 g/mol. The fourth-order valence-electron chi connectivity index (χ4n) is 1.93. The van der Waals surface area contributed by atoms with Crippen molar-refractivity contribution in [2.45, 2.75) is 44.9 Å². The van der Waals surface area contributed by atoms with E-state index in [1.165, 1.54) is 12.8 Å². The van der Waals surface area contributed by atoms with E-state index in [-0.39, 0.29) is 6.10 Å². The van der Waals surface area contributed by atoms with Crippen LogP contribution in [-0.4, -0.2) is 41.3 Å². The van der Waals surface area contributed by atoms with Gasteiger partial charge in [0.05, 0.1) is 6.10 Å². The number of hydrogen-bond donors (Lipinski definition) is 2. The number of nitrogens with zero attached hydrogens (tertiary/aromatic N) is 1. The lowest BCUT2D eigenvalue weighted by atomic mass is 10.2. The second-order valence-corrected chi connectivity index (χ2v) is 3.86. The Morgan fingerprint density at radius 2 is 1.92 bits per heavy atom.